The smallest absolute Gasteiger partial charge is 0.307 e. The number of hydrogen-bond acceptors (Lipinski definition) is 2. The van der Waals surface area contributed by atoms with E-state index in [9.17, 15) is 18.4 Å². The van der Waals surface area contributed by atoms with Gasteiger partial charge in [-0.25, -0.2) is 8.78 Å². The van der Waals surface area contributed by atoms with Crippen LogP contribution in [0.15, 0.2) is 35.1 Å². The van der Waals surface area contributed by atoms with Gasteiger partial charge in [0.15, 0.2) is 0 Å². The van der Waals surface area contributed by atoms with Crippen LogP contribution in [0.2, 0.25) is 0 Å². The number of pyridine rings is 1. The Morgan fingerprint density at radius 3 is 2.58 bits per heavy atom. The molecular formula is C13H9F2NO3. The quantitative estimate of drug-likeness (QED) is 0.891. The molecule has 0 fully saturated rings. The summed E-state index contributed by atoms with van der Waals surface area (Å²) in [7, 11) is 0. The molecule has 0 amide bonds. The van der Waals surface area contributed by atoms with Gasteiger partial charge in [-0.3, -0.25) is 9.59 Å². The molecule has 98 valence electrons. The molecule has 0 aliphatic heterocycles. The van der Waals surface area contributed by atoms with Crippen molar-refractivity contribution in [2.75, 3.05) is 0 Å². The van der Waals surface area contributed by atoms with Gasteiger partial charge in [-0.2, -0.15) is 0 Å². The topological polar surface area (TPSA) is 70.2 Å². The number of carboxylic acid groups (broad SMARTS) is 1. The first kappa shape index (κ1) is 12.9. The number of nitrogens with one attached hydrogen (secondary N) is 1. The van der Waals surface area contributed by atoms with Crippen molar-refractivity contribution in [1.29, 1.82) is 0 Å². The summed E-state index contributed by atoms with van der Waals surface area (Å²) in [6.07, 6.45) is -0.603. The summed E-state index contributed by atoms with van der Waals surface area (Å²) in [6.45, 7) is 0. The van der Waals surface area contributed by atoms with Gasteiger partial charge in [0.2, 0.25) is 5.56 Å². The highest BCUT2D eigenvalue weighted by Gasteiger charge is 2.14. The van der Waals surface area contributed by atoms with E-state index in [1.807, 2.05) is 0 Å². The van der Waals surface area contributed by atoms with Crippen molar-refractivity contribution in [2.24, 2.45) is 0 Å². The van der Waals surface area contributed by atoms with Gasteiger partial charge < -0.3 is 10.1 Å². The second kappa shape index (κ2) is 5.01. The minimum atomic E-state index is -1.25. The number of halogens is 2. The SMILES string of the molecule is O=C(O)Cc1cc(F)c(-c2cccc(=O)[nH]2)cc1F. The van der Waals surface area contributed by atoms with E-state index in [1.54, 1.807) is 0 Å². The summed E-state index contributed by atoms with van der Waals surface area (Å²) in [5, 5.41) is 8.57. The maximum Gasteiger partial charge on any atom is 0.307 e. The second-order valence-corrected chi connectivity index (χ2v) is 3.92. The molecule has 0 unspecified atom stereocenters. The summed E-state index contributed by atoms with van der Waals surface area (Å²) < 4.78 is 27.5. The number of carbonyl (C=O) groups is 1. The monoisotopic (exact) mass is 265 g/mol. The van der Waals surface area contributed by atoms with Gasteiger partial charge >= 0.3 is 5.97 Å². The van der Waals surface area contributed by atoms with Crippen LogP contribution < -0.4 is 5.56 Å². The molecule has 0 spiro atoms. The van der Waals surface area contributed by atoms with Gasteiger partial charge in [-0.05, 0) is 18.2 Å². The lowest BCUT2D eigenvalue weighted by Gasteiger charge is -2.06. The molecule has 0 saturated heterocycles. The van der Waals surface area contributed by atoms with Gasteiger partial charge in [-0.1, -0.05) is 6.07 Å². The summed E-state index contributed by atoms with van der Waals surface area (Å²) in [5.41, 5.74) is -0.672. The van der Waals surface area contributed by atoms with Crippen molar-refractivity contribution < 1.29 is 18.7 Å². The Labute approximate surface area is 106 Å². The Balaban J connectivity index is 2.52. The van der Waals surface area contributed by atoms with E-state index in [0.717, 1.165) is 12.1 Å². The maximum absolute atomic E-state index is 13.8. The average Bonchev–Trinajstić information content (AvgIpc) is 2.32. The highest BCUT2D eigenvalue weighted by Crippen LogP contribution is 2.23. The van der Waals surface area contributed by atoms with Crippen LogP contribution in [-0.4, -0.2) is 16.1 Å². The Hall–Kier alpha value is -2.50. The molecule has 0 aliphatic carbocycles. The minimum Gasteiger partial charge on any atom is -0.481 e. The number of aliphatic carboxylic acids is 1. The molecule has 1 aromatic carbocycles. The zero-order valence-electron chi connectivity index (χ0n) is 9.61. The molecule has 0 saturated carbocycles. The maximum atomic E-state index is 13.8. The molecule has 0 atom stereocenters. The molecule has 2 N–H and O–H groups in total. The standard InChI is InChI=1S/C13H9F2NO3/c14-9-6-8(11-2-1-3-12(17)16-11)10(15)4-7(9)5-13(18)19/h1-4,6H,5H2,(H,16,17)(H,18,19). The van der Waals surface area contributed by atoms with E-state index < -0.39 is 29.6 Å². The molecule has 2 rings (SSSR count). The van der Waals surface area contributed by atoms with E-state index in [-0.39, 0.29) is 16.8 Å². The average molecular weight is 265 g/mol. The highest BCUT2D eigenvalue weighted by molar-refractivity contribution is 5.71. The number of hydrogen-bond donors (Lipinski definition) is 2. The third-order valence-corrected chi connectivity index (χ3v) is 2.54. The minimum absolute atomic E-state index is 0.121. The van der Waals surface area contributed by atoms with Gasteiger partial charge in [0.25, 0.3) is 0 Å². The molecular weight excluding hydrogens is 256 g/mol. The zero-order valence-corrected chi connectivity index (χ0v) is 9.61. The number of benzene rings is 1. The predicted octanol–water partition coefficient (Wildman–Crippen LogP) is 1.95. The first-order valence-electron chi connectivity index (χ1n) is 5.37. The number of aromatic amines is 1. The van der Waals surface area contributed by atoms with Crippen LogP contribution in [0.1, 0.15) is 5.56 Å². The third kappa shape index (κ3) is 2.85. The van der Waals surface area contributed by atoms with Crippen LogP contribution in [0.5, 0.6) is 0 Å². The van der Waals surface area contributed by atoms with E-state index in [2.05, 4.69) is 4.98 Å². The lowest BCUT2D eigenvalue weighted by Crippen LogP contribution is -2.06. The van der Waals surface area contributed by atoms with Crippen molar-refractivity contribution >= 4 is 5.97 Å². The van der Waals surface area contributed by atoms with Crippen molar-refractivity contribution in [2.45, 2.75) is 6.42 Å². The van der Waals surface area contributed by atoms with Crippen LogP contribution in [0, 0.1) is 11.6 Å². The fourth-order valence-electron chi connectivity index (χ4n) is 1.70. The van der Waals surface area contributed by atoms with Gasteiger partial charge in [0.05, 0.1) is 12.1 Å². The lowest BCUT2D eigenvalue weighted by atomic mass is 10.0. The molecule has 4 nitrogen and oxygen atoms in total. The van der Waals surface area contributed by atoms with Crippen LogP contribution >= 0.6 is 0 Å². The Morgan fingerprint density at radius 1 is 1.21 bits per heavy atom. The lowest BCUT2D eigenvalue weighted by molar-refractivity contribution is -0.136. The van der Waals surface area contributed by atoms with Gasteiger partial charge in [-0.15, -0.1) is 0 Å². The van der Waals surface area contributed by atoms with E-state index in [1.165, 1.54) is 18.2 Å². The fourth-order valence-corrected chi connectivity index (χ4v) is 1.70. The van der Waals surface area contributed by atoms with Crippen LogP contribution in [0.25, 0.3) is 11.3 Å². The Bertz CT molecular complexity index is 695. The summed E-state index contributed by atoms with van der Waals surface area (Å²) >= 11 is 0. The summed E-state index contributed by atoms with van der Waals surface area (Å²) in [6, 6.07) is 5.78. The normalized spacial score (nSPS) is 10.4. The molecule has 1 heterocycles. The number of carboxylic acids is 1. The Morgan fingerprint density at radius 2 is 1.95 bits per heavy atom. The van der Waals surface area contributed by atoms with Crippen molar-refractivity contribution in [1.82, 2.24) is 4.98 Å². The number of aromatic nitrogens is 1. The largest absolute Gasteiger partial charge is 0.481 e. The van der Waals surface area contributed by atoms with Gasteiger partial charge in [0, 0.05) is 17.2 Å². The summed E-state index contributed by atoms with van der Waals surface area (Å²) in [4.78, 5) is 24.0. The Kier molecular flexibility index (Phi) is 3.41. The predicted molar refractivity (Wildman–Crippen MR) is 63.8 cm³/mol. The summed E-state index contributed by atoms with van der Waals surface area (Å²) in [5.74, 6) is -2.87. The molecule has 0 radical (unpaired) electrons. The van der Waals surface area contributed by atoms with Crippen molar-refractivity contribution in [3.05, 3.63) is 57.9 Å². The molecule has 2 aromatic rings. The van der Waals surface area contributed by atoms with Crippen LogP contribution in [0.4, 0.5) is 8.78 Å². The third-order valence-electron chi connectivity index (χ3n) is 2.54. The fraction of sp³-hybridized carbons (Fsp3) is 0.0769. The van der Waals surface area contributed by atoms with Crippen LogP contribution in [-0.2, 0) is 11.2 Å². The second-order valence-electron chi connectivity index (χ2n) is 3.92. The zero-order chi connectivity index (χ0) is 14.0. The molecule has 6 heteroatoms. The van der Waals surface area contributed by atoms with Crippen molar-refractivity contribution in [3.63, 3.8) is 0 Å². The van der Waals surface area contributed by atoms with Crippen molar-refractivity contribution in [3.8, 4) is 11.3 Å². The number of rotatable bonds is 3. The first-order chi connectivity index (χ1) is 8.97. The highest BCUT2D eigenvalue weighted by atomic mass is 19.1. The van der Waals surface area contributed by atoms with Gasteiger partial charge in [0.1, 0.15) is 11.6 Å². The van der Waals surface area contributed by atoms with Crippen LogP contribution in [0.3, 0.4) is 0 Å². The molecule has 0 aliphatic rings. The van der Waals surface area contributed by atoms with E-state index in [4.69, 9.17) is 5.11 Å². The van der Waals surface area contributed by atoms with E-state index in [0.29, 0.717) is 0 Å². The van der Waals surface area contributed by atoms with E-state index >= 15 is 0 Å². The molecule has 0 bridgehead atoms. The molecule has 1 aromatic heterocycles. The molecule has 19 heavy (non-hydrogen) atoms. The number of H-pyrrole nitrogens is 1. The first-order valence-corrected chi connectivity index (χ1v) is 5.37.